The Morgan fingerprint density at radius 2 is 1.61 bits per heavy atom. The Kier molecular flexibility index (Phi) is 4.46. The third kappa shape index (κ3) is 2.76. The molecule has 2 heteroatoms. The average Bonchev–Trinajstić information content (AvgIpc) is 2.43. The van der Waals surface area contributed by atoms with Gasteiger partial charge in [0, 0.05) is 18.7 Å². The zero-order chi connectivity index (χ0) is 12.8. The lowest BCUT2D eigenvalue weighted by Crippen LogP contribution is -2.19. The second-order valence-corrected chi connectivity index (χ2v) is 4.42. The molecule has 0 spiro atoms. The molecule has 0 aromatic heterocycles. The van der Waals surface area contributed by atoms with Crippen LogP contribution < -0.4 is 0 Å². The monoisotopic (exact) mass is 240 g/mol. The summed E-state index contributed by atoms with van der Waals surface area (Å²) in [6, 6.07) is 8.39. The van der Waals surface area contributed by atoms with E-state index in [2.05, 4.69) is 55.3 Å². The standard InChI is InChI=1S/C16H20N2/c1-3-11-17-15-10-9-13-7-5-6-8-14(13)16(15)18-12-4-2/h5-10H,3-4,11-12H2,1-2H3. The van der Waals surface area contributed by atoms with E-state index < -0.39 is 0 Å². The van der Waals surface area contributed by atoms with Crippen molar-refractivity contribution in [3.8, 4) is 0 Å². The van der Waals surface area contributed by atoms with E-state index in [0.717, 1.165) is 37.4 Å². The van der Waals surface area contributed by atoms with E-state index in [1.807, 2.05) is 0 Å². The van der Waals surface area contributed by atoms with Gasteiger partial charge in [-0.1, -0.05) is 44.2 Å². The van der Waals surface area contributed by atoms with E-state index in [0.29, 0.717) is 0 Å². The first-order chi connectivity index (χ1) is 8.86. The average molecular weight is 240 g/mol. The summed E-state index contributed by atoms with van der Waals surface area (Å²) in [5.74, 6) is 0. The van der Waals surface area contributed by atoms with Crippen molar-refractivity contribution in [2.45, 2.75) is 26.7 Å². The van der Waals surface area contributed by atoms with Crippen molar-refractivity contribution < 1.29 is 0 Å². The number of hydrogen-bond acceptors (Lipinski definition) is 2. The Balaban J connectivity index is 2.42. The van der Waals surface area contributed by atoms with Crippen LogP contribution in [0.1, 0.15) is 37.8 Å². The lowest BCUT2D eigenvalue weighted by Gasteiger charge is -2.15. The quantitative estimate of drug-likeness (QED) is 0.765. The zero-order valence-corrected chi connectivity index (χ0v) is 11.2. The summed E-state index contributed by atoms with van der Waals surface area (Å²) < 4.78 is 0. The van der Waals surface area contributed by atoms with Gasteiger partial charge >= 0.3 is 0 Å². The maximum atomic E-state index is 4.71. The minimum Gasteiger partial charge on any atom is -0.283 e. The summed E-state index contributed by atoms with van der Waals surface area (Å²) in [6.45, 7) is 6.03. The summed E-state index contributed by atoms with van der Waals surface area (Å²) in [4.78, 5) is 9.35. The highest BCUT2D eigenvalue weighted by molar-refractivity contribution is 6.54. The number of nitrogens with zero attached hydrogens (tertiary/aromatic N) is 2. The topological polar surface area (TPSA) is 24.7 Å². The smallest absolute Gasteiger partial charge is 0.0904 e. The van der Waals surface area contributed by atoms with Crippen LogP contribution in [-0.2, 0) is 0 Å². The minimum absolute atomic E-state index is 0.864. The fraction of sp³-hybridized carbons (Fsp3) is 0.375. The SMILES string of the molecule is CCCN=C1C=Cc2ccccc2C1=NCCC. The van der Waals surface area contributed by atoms with Crippen molar-refractivity contribution in [3.63, 3.8) is 0 Å². The van der Waals surface area contributed by atoms with Gasteiger partial charge in [-0.25, -0.2) is 0 Å². The highest BCUT2D eigenvalue weighted by Gasteiger charge is 2.15. The molecule has 0 bridgehead atoms. The molecule has 0 N–H and O–H groups in total. The maximum Gasteiger partial charge on any atom is 0.0904 e. The number of hydrogen-bond donors (Lipinski definition) is 0. The maximum absolute atomic E-state index is 4.71. The molecule has 0 fully saturated rings. The molecule has 94 valence electrons. The number of rotatable bonds is 4. The van der Waals surface area contributed by atoms with Crippen molar-refractivity contribution in [1.82, 2.24) is 0 Å². The minimum atomic E-state index is 0.864. The fourth-order valence-electron chi connectivity index (χ4n) is 1.99. The van der Waals surface area contributed by atoms with Crippen LogP contribution in [0.15, 0.2) is 40.3 Å². The Morgan fingerprint density at radius 1 is 0.889 bits per heavy atom. The highest BCUT2D eigenvalue weighted by atomic mass is 14.8. The van der Waals surface area contributed by atoms with E-state index in [1.54, 1.807) is 0 Å². The summed E-state index contributed by atoms with van der Waals surface area (Å²) in [6.07, 6.45) is 6.36. The van der Waals surface area contributed by atoms with Crippen molar-refractivity contribution in [3.05, 3.63) is 41.5 Å². The molecule has 0 heterocycles. The molecular weight excluding hydrogens is 220 g/mol. The number of benzene rings is 1. The van der Waals surface area contributed by atoms with Gasteiger partial charge in [-0.05, 0) is 24.5 Å². The first-order valence-corrected chi connectivity index (χ1v) is 6.73. The van der Waals surface area contributed by atoms with Gasteiger partial charge < -0.3 is 0 Å². The molecular formula is C16H20N2. The van der Waals surface area contributed by atoms with Crippen molar-refractivity contribution in [2.75, 3.05) is 13.1 Å². The van der Waals surface area contributed by atoms with Crippen molar-refractivity contribution >= 4 is 17.5 Å². The molecule has 0 aliphatic heterocycles. The van der Waals surface area contributed by atoms with Crippen LogP contribution in [-0.4, -0.2) is 24.5 Å². The van der Waals surface area contributed by atoms with Gasteiger partial charge in [-0.3, -0.25) is 9.98 Å². The van der Waals surface area contributed by atoms with Crippen LogP contribution >= 0.6 is 0 Å². The van der Waals surface area contributed by atoms with Crippen LogP contribution in [0.3, 0.4) is 0 Å². The van der Waals surface area contributed by atoms with Gasteiger partial charge in [0.1, 0.15) is 0 Å². The van der Waals surface area contributed by atoms with E-state index in [1.165, 1.54) is 11.1 Å². The molecule has 2 nitrogen and oxygen atoms in total. The summed E-state index contributed by atoms with van der Waals surface area (Å²) in [5, 5.41) is 0. The molecule has 0 amide bonds. The third-order valence-corrected chi connectivity index (χ3v) is 2.88. The van der Waals surface area contributed by atoms with Gasteiger partial charge in [0.25, 0.3) is 0 Å². The molecule has 0 unspecified atom stereocenters. The number of fused-ring (bicyclic) bond motifs is 1. The molecule has 0 atom stereocenters. The zero-order valence-electron chi connectivity index (χ0n) is 11.2. The van der Waals surface area contributed by atoms with Crippen LogP contribution in [0.2, 0.25) is 0 Å². The number of allylic oxidation sites excluding steroid dienone is 1. The van der Waals surface area contributed by atoms with E-state index >= 15 is 0 Å². The largest absolute Gasteiger partial charge is 0.283 e. The normalized spacial score (nSPS) is 18.3. The van der Waals surface area contributed by atoms with E-state index in [-0.39, 0.29) is 0 Å². The molecule has 2 rings (SSSR count). The first kappa shape index (κ1) is 12.7. The van der Waals surface area contributed by atoms with Crippen molar-refractivity contribution in [1.29, 1.82) is 0 Å². The summed E-state index contributed by atoms with van der Waals surface area (Å²) >= 11 is 0. The Morgan fingerprint density at radius 3 is 2.39 bits per heavy atom. The number of aliphatic imine (C=N–C) groups is 2. The molecule has 1 aromatic rings. The van der Waals surface area contributed by atoms with E-state index in [4.69, 9.17) is 4.99 Å². The highest BCUT2D eigenvalue weighted by Crippen LogP contribution is 2.18. The summed E-state index contributed by atoms with van der Waals surface area (Å²) in [7, 11) is 0. The molecule has 0 saturated carbocycles. The predicted molar refractivity (Wildman–Crippen MR) is 79.8 cm³/mol. The lowest BCUT2D eigenvalue weighted by molar-refractivity contribution is 0.927. The van der Waals surface area contributed by atoms with Crippen LogP contribution in [0, 0.1) is 0 Å². The molecule has 18 heavy (non-hydrogen) atoms. The summed E-state index contributed by atoms with van der Waals surface area (Å²) in [5.41, 5.74) is 4.54. The second kappa shape index (κ2) is 6.29. The Hall–Kier alpha value is -1.70. The molecule has 0 saturated heterocycles. The van der Waals surface area contributed by atoms with Gasteiger partial charge in [0.2, 0.25) is 0 Å². The van der Waals surface area contributed by atoms with E-state index in [9.17, 15) is 0 Å². The Bertz CT molecular complexity index is 496. The van der Waals surface area contributed by atoms with Crippen molar-refractivity contribution in [2.24, 2.45) is 9.98 Å². The lowest BCUT2D eigenvalue weighted by atomic mass is 9.94. The molecule has 1 aliphatic carbocycles. The van der Waals surface area contributed by atoms with Gasteiger partial charge in [-0.2, -0.15) is 0 Å². The third-order valence-electron chi connectivity index (χ3n) is 2.88. The van der Waals surface area contributed by atoms with Crippen LogP contribution in [0.5, 0.6) is 0 Å². The molecule has 1 aromatic carbocycles. The van der Waals surface area contributed by atoms with Crippen LogP contribution in [0.4, 0.5) is 0 Å². The molecule has 1 aliphatic rings. The predicted octanol–water partition coefficient (Wildman–Crippen LogP) is 3.76. The molecule has 0 radical (unpaired) electrons. The fourth-order valence-corrected chi connectivity index (χ4v) is 1.99. The van der Waals surface area contributed by atoms with Gasteiger partial charge in [0.05, 0.1) is 11.4 Å². The Labute approximate surface area is 109 Å². The first-order valence-electron chi connectivity index (χ1n) is 6.73. The second-order valence-electron chi connectivity index (χ2n) is 4.42. The van der Waals surface area contributed by atoms with Gasteiger partial charge in [-0.15, -0.1) is 0 Å². The van der Waals surface area contributed by atoms with Crippen LogP contribution in [0.25, 0.3) is 6.08 Å². The van der Waals surface area contributed by atoms with Gasteiger partial charge in [0.15, 0.2) is 0 Å².